The van der Waals surface area contributed by atoms with Crippen LogP contribution in [-0.2, 0) is 21.8 Å². The lowest BCUT2D eigenvalue weighted by Crippen LogP contribution is -2.28. The molecule has 4 N–H and O–H groups in total. The number of rotatable bonds is 12. The number of benzene rings is 2. The van der Waals surface area contributed by atoms with Crippen molar-refractivity contribution in [2.45, 2.75) is 44.7 Å². The zero-order valence-corrected chi connectivity index (χ0v) is 22.1. The summed E-state index contributed by atoms with van der Waals surface area (Å²) in [7, 11) is -2.86. The Bertz CT molecular complexity index is 1380. The number of thiazole rings is 1. The van der Waals surface area contributed by atoms with Gasteiger partial charge in [-0.25, -0.2) is 14.6 Å². The summed E-state index contributed by atoms with van der Waals surface area (Å²) in [6, 6.07) is 14.0. The highest BCUT2D eigenvalue weighted by Gasteiger charge is 2.29. The third-order valence-corrected chi connectivity index (χ3v) is 6.71. The summed E-state index contributed by atoms with van der Waals surface area (Å²) >= 11 is 1.10. The molecule has 0 fully saturated rings. The monoisotopic (exact) mass is 557 g/mol. The summed E-state index contributed by atoms with van der Waals surface area (Å²) in [6.45, 7) is 2.29. The first-order valence-corrected chi connectivity index (χ1v) is 13.7. The summed E-state index contributed by atoms with van der Waals surface area (Å²) in [5.41, 5.74) is 2.09. The van der Waals surface area contributed by atoms with Gasteiger partial charge < -0.3 is 15.7 Å². The Morgan fingerprint density at radius 3 is 2.39 bits per heavy atom. The van der Waals surface area contributed by atoms with E-state index in [1.54, 1.807) is 24.3 Å². The Morgan fingerprint density at radius 1 is 1.05 bits per heavy atom. The molecule has 0 aliphatic heterocycles. The summed E-state index contributed by atoms with van der Waals surface area (Å²) in [6.07, 6.45) is 1.93. The van der Waals surface area contributed by atoms with Gasteiger partial charge in [0.1, 0.15) is 5.69 Å². The standard InChI is InChI=1S/C25H27N5O6S2/c1-2-3-9-19(21(23(32)33)30-38(35)36)17-10-12-18(13-11-17)27-22(31)20-15-37-25(28-20)29-24(34)26-14-16-7-5-4-6-8-16/h4-8,10-13,15,19,21H,2-3,9,14H2,1H3,(H,27,31)(H,32,33)(H2,26,28,29,34). The predicted octanol–water partition coefficient (Wildman–Crippen LogP) is 4.51. The van der Waals surface area contributed by atoms with Gasteiger partial charge in [0.15, 0.2) is 11.2 Å². The van der Waals surface area contributed by atoms with Crippen LogP contribution in [0.3, 0.4) is 0 Å². The van der Waals surface area contributed by atoms with E-state index in [0.717, 1.165) is 23.3 Å². The molecule has 1 heterocycles. The molecule has 0 spiro atoms. The summed E-state index contributed by atoms with van der Waals surface area (Å²) < 4.78 is 25.5. The van der Waals surface area contributed by atoms with E-state index in [2.05, 4.69) is 25.3 Å². The van der Waals surface area contributed by atoms with E-state index < -0.39 is 40.4 Å². The van der Waals surface area contributed by atoms with Crippen molar-refractivity contribution in [2.75, 3.05) is 10.6 Å². The van der Waals surface area contributed by atoms with Gasteiger partial charge in [0.05, 0.1) is 0 Å². The Hall–Kier alpha value is -4.10. The van der Waals surface area contributed by atoms with Gasteiger partial charge in [-0.2, -0.15) is 12.8 Å². The molecule has 0 radical (unpaired) electrons. The number of hydrogen-bond donors (Lipinski definition) is 4. The van der Waals surface area contributed by atoms with Gasteiger partial charge in [0.2, 0.25) is 0 Å². The Balaban J connectivity index is 1.62. The van der Waals surface area contributed by atoms with Gasteiger partial charge in [0.25, 0.3) is 5.91 Å². The smallest absolute Gasteiger partial charge is 0.330 e. The molecule has 2 atom stereocenters. The molecule has 0 aliphatic carbocycles. The average molecular weight is 558 g/mol. The molecular weight excluding hydrogens is 530 g/mol. The van der Waals surface area contributed by atoms with E-state index >= 15 is 0 Å². The number of aromatic nitrogens is 1. The number of nitrogens with one attached hydrogen (secondary N) is 3. The number of carbonyl (C=O) groups excluding carboxylic acids is 2. The largest absolute Gasteiger partial charge is 0.480 e. The number of nitrogens with zero attached hydrogens (tertiary/aromatic N) is 2. The maximum absolute atomic E-state index is 12.6. The number of carboxylic acids is 1. The second kappa shape index (κ2) is 14.0. The molecule has 1 aromatic heterocycles. The zero-order valence-electron chi connectivity index (χ0n) is 20.5. The summed E-state index contributed by atoms with van der Waals surface area (Å²) in [5.74, 6) is -2.46. The van der Waals surface area contributed by atoms with Crippen molar-refractivity contribution in [1.82, 2.24) is 10.3 Å². The number of anilines is 2. The van der Waals surface area contributed by atoms with Crippen molar-refractivity contribution in [1.29, 1.82) is 0 Å². The van der Waals surface area contributed by atoms with Crippen LogP contribution < -0.4 is 16.0 Å². The number of carbonyl (C=O) groups is 3. The summed E-state index contributed by atoms with van der Waals surface area (Å²) in [5, 5.41) is 19.3. The van der Waals surface area contributed by atoms with Crippen LogP contribution in [-0.4, -0.2) is 42.5 Å². The first kappa shape index (κ1) is 28.5. The lowest BCUT2D eigenvalue weighted by molar-refractivity contribution is -0.139. The first-order valence-electron chi connectivity index (χ1n) is 11.8. The average Bonchev–Trinajstić information content (AvgIpc) is 3.36. The fourth-order valence-electron chi connectivity index (χ4n) is 3.68. The van der Waals surface area contributed by atoms with Crippen molar-refractivity contribution in [3.63, 3.8) is 0 Å². The molecule has 11 nitrogen and oxygen atoms in total. The van der Waals surface area contributed by atoms with E-state index in [-0.39, 0.29) is 10.8 Å². The van der Waals surface area contributed by atoms with Crippen LogP contribution in [0.4, 0.5) is 15.6 Å². The van der Waals surface area contributed by atoms with Crippen LogP contribution in [0.5, 0.6) is 0 Å². The Morgan fingerprint density at radius 2 is 1.76 bits per heavy atom. The fraction of sp³-hybridized carbons (Fsp3) is 0.280. The number of unbranched alkanes of at least 4 members (excludes halogenated alkanes) is 1. The number of urea groups is 1. The van der Waals surface area contributed by atoms with Gasteiger partial charge in [-0.05, 0) is 29.7 Å². The van der Waals surface area contributed by atoms with Crippen molar-refractivity contribution < 1.29 is 27.9 Å². The fourth-order valence-corrected chi connectivity index (χ4v) is 4.79. The topological polar surface area (TPSA) is 167 Å². The van der Waals surface area contributed by atoms with Crippen molar-refractivity contribution in [3.05, 3.63) is 76.8 Å². The normalized spacial score (nSPS) is 12.1. The molecule has 2 aromatic carbocycles. The molecule has 200 valence electrons. The number of carboxylic acid groups (broad SMARTS) is 1. The van der Waals surface area contributed by atoms with Crippen molar-refractivity contribution in [2.24, 2.45) is 4.36 Å². The van der Waals surface area contributed by atoms with Gasteiger partial charge >= 0.3 is 22.5 Å². The molecular formula is C25H27N5O6S2. The second-order valence-electron chi connectivity index (χ2n) is 8.26. The van der Waals surface area contributed by atoms with Crippen LogP contribution in [0.1, 0.15) is 53.7 Å². The number of hydrogen-bond acceptors (Lipinski definition) is 8. The summed E-state index contributed by atoms with van der Waals surface area (Å²) in [4.78, 5) is 40.6. The molecule has 2 unspecified atom stereocenters. The second-order valence-corrected chi connectivity index (χ2v) is 9.76. The first-order chi connectivity index (χ1) is 18.3. The maximum atomic E-state index is 12.6. The molecule has 38 heavy (non-hydrogen) atoms. The molecule has 3 amide bonds. The number of aliphatic carboxylic acids is 1. The SMILES string of the molecule is CCCCC(c1ccc(NC(=O)c2csc(NC(=O)NCc3ccccc3)n2)cc1)C(N=S(=O)=O)C(=O)O. The minimum atomic E-state index is -2.86. The van der Waals surface area contributed by atoms with Gasteiger partial charge in [-0.1, -0.05) is 62.2 Å². The lowest BCUT2D eigenvalue weighted by atomic mass is 9.87. The highest BCUT2D eigenvalue weighted by molar-refractivity contribution is 7.61. The van der Waals surface area contributed by atoms with Crippen LogP contribution in [0, 0.1) is 0 Å². The minimum absolute atomic E-state index is 0.112. The van der Waals surface area contributed by atoms with E-state index in [4.69, 9.17) is 0 Å². The predicted molar refractivity (Wildman–Crippen MR) is 144 cm³/mol. The maximum Gasteiger partial charge on any atom is 0.330 e. The highest BCUT2D eigenvalue weighted by atomic mass is 32.2. The third kappa shape index (κ3) is 8.49. The van der Waals surface area contributed by atoms with Gasteiger partial charge in [-0.3, -0.25) is 10.1 Å². The quantitative estimate of drug-likeness (QED) is 0.254. The Labute approximate surface area is 225 Å². The molecule has 13 heteroatoms. The lowest BCUT2D eigenvalue weighted by Gasteiger charge is -2.20. The number of amides is 3. The zero-order chi connectivity index (χ0) is 27.5. The van der Waals surface area contributed by atoms with Gasteiger partial charge in [-0.15, -0.1) is 11.3 Å². The molecule has 0 saturated heterocycles. The van der Waals surface area contributed by atoms with Crippen LogP contribution in [0.15, 0.2) is 64.3 Å². The molecule has 0 bridgehead atoms. The van der Waals surface area contributed by atoms with Crippen molar-refractivity contribution in [3.8, 4) is 0 Å². The van der Waals surface area contributed by atoms with E-state index in [1.165, 1.54) is 5.38 Å². The Kier molecular flexibility index (Phi) is 10.5. The van der Waals surface area contributed by atoms with Crippen LogP contribution >= 0.6 is 11.3 Å². The van der Waals surface area contributed by atoms with Crippen LogP contribution in [0.25, 0.3) is 0 Å². The highest BCUT2D eigenvalue weighted by Crippen LogP contribution is 2.29. The van der Waals surface area contributed by atoms with Crippen molar-refractivity contribution >= 4 is 50.6 Å². The molecule has 0 saturated carbocycles. The molecule has 0 aliphatic rings. The van der Waals surface area contributed by atoms with E-state index in [9.17, 15) is 27.9 Å². The minimum Gasteiger partial charge on any atom is -0.480 e. The van der Waals surface area contributed by atoms with E-state index in [0.29, 0.717) is 30.6 Å². The molecule has 3 aromatic rings. The van der Waals surface area contributed by atoms with E-state index in [1.807, 2.05) is 37.3 Å². The van der Waals surface area contributed by atoms with Gasteiger partial charge in [0, 0.05) is 23.5 Å². The third-order valence-electron chi connectivity index (χ3n) is 5.55. The molecule has 3 rings (SSSR count). The van der Waals surface area contributed by atoms with Crippen LogP contribution in [0.2, 0.25) is 0 Å².